The molecule has 1 aliphatic rings. The number of aromatic nitrogens is 1. The zero-order valence-corrected chi connectivity index (χ0v) is 13.0. The maximum Gasteiger partial charge on any atom is 0.281 e. The molecule has 7 heteroatoms. The highest BCUT2D eigenvalue weighted by Crippen LogP contribution is 2.35. The molecule has 2 aromatic rings. The average molecular weight is 317 g/mol. The Balaban J connectivity index is 1.82. The molecule has 22 heavy (non-hydrogen) atoms. The third-order valence-corrected chi connectivity index (χ3v) is 4.41. The summed E-state index contributed by atoms with van der Waals surface area (Å²) in [6, 6.07) is 7.22. The predicted octanol–water partition coefficient (Wildman–Crippen LogP) is 1.57. The van der Waals surface area contributed by atoms with Crippen molar-refractivity contribution < 1.29 is 14.3 Å². The zero-order valence-electron chi connectivity index (χ0n) is 12.2. The van der Waals surface area contributed by atoms with Gasteiger partial charge in [-0.15, -0.1) is 11.3 Å². The number of amides is 2. The molecular formula is C15H15N3O3S. The molecule has 0 saturated heterocycles. The summed E-state index contributed by atoms with van der Waals surface area (Å²) in [5.74, 6) is -0.0796. The summed E-state index contributed by atoms with van der Waals surface area (Å²) in [7, 11) is 1.58. The number of pyridine rings is 1. The Hall–Kier alpha value is -2.41. The third kappa shape index (κ3) is 2.33. The van der Waals surface area contributed by atoms with Crippen molar-refractivity contribution in [2.45, 2.75) is 19.1 Å². The van der Waals surface area contributed by atoms with Crippen LogP contribution in [0, 0.1) is 0 Å². The first-order valence-corrected chi connectivity index (χ1v) is 7.63. The van der Waals surface area contributed by atoms with E-state index in [9.17, 15) is 9.59 Å². The van der Waals surface area contributed by atoms with Crippen molar-refractivity contribution in [2.24, 2.45) is 0 Å². The fourth-order valence-electron chi connectivity index (χ4n) is 2.29. The second kappa shape index (κ2) is 5.42. The lowest BCUT2D eigenvalue weighted by Gasteiger charge is -2.36. The van der Waals surface area contributed by atoms with E-state index in [0.29, 0.717) is 18.1 Å². The Labute approximate surface area is 131 Å². The van der Waals surface area contributed by atoms with Crippen molar-refractivity contribution in [2.75, 3.05) is 11.9 Å². The molecule has 1 unspecified atom stereocenters. The number of likely N-dealkylation sites (N-methyl/N-ethyl adjacent to an activating group) is 1. The van der Waals surface area contributed by atoms with Gasteiger partial charge in [0.15, 0.2) is 11.6 Å². The van der Waals surface area contributed by atoms with E-state index in [1.54, 1.807) is 25.4 Å². The monoisotopic (exact) mass is 317 g/mol. The molecule has 0 aromatic carbocycles. The standard InChI is InChI=1S/C15H15N3O3S/c1-15(13(19)17-9-10-5-4-8-22-10)14(20)18(2)12-11(21-15)6-3-7-16-12/h3-8H,9H2,1-2H3,(H,17,19). The minimum Gasteiger partial charge on any atom is -0.464 e. The summed E-state index contributed by atoms with van der Waals surface area (Å²) in [4.78, 5) is 31.5. The largest absolute Gasteiger partial charge is 0.464 e. The van der Waals surface area contributed by atoms with Crippen molar-refractivity contribution in [3.05, 3.63) is 40.7 Å². The van der Waals surface area contributed by atoms with Gasteiger partial charge < -0.3 is 10.1 Å². The molecule has 0 fully saturated rings. The fraction of sp³-hybridized carbons (Fsp3) is 0.267. The van der Waals surface area contributed by atoms with Crippen LogP contribution in [-0.4, -0.2) is 29.4 Å². The van der Waals surface area contributed by atoms with Crippen molar-refractivity contribution in [3.8, 4) is 5.75 Å². The van der Waals surface area contributed by atoms with E-state index in [2.05, 4.69) is 10.3 Å². The first-order chi connectivity index (χ1) is 10.5. The van der Waals surface area contributed by atoms with Gasteiger partial charge in [-0.25, -0.2) is 4.98 Å². The molecule has 2 amide bonds. The van der Waals surface area contributed by atoms with Gasteiger partial charge in [-0.05, 0) is 30.5 Å². The van der Waals surface area contributed by atoms with Crippen molar-refractivity contribution >= 4 is 29.0 Å². The number of nitrogens with zero attached hydrogens (tertiary/aromatic N) is 2. The van der Waals surface area contributed by atoms with E-state index in [-0.39, 0.29) is 0 Å². The van der Waals surface area contributed by atoms with Gasteiger partial charge in [0.1, 0.15) is 0 Å². The van der Waals surface area contributed by atoms with Crippen LogP contribution in [0.5, 0.6) is 5.75 Å². The van der Waals surface area contributed by atoms with Crippen LogP contribution in [0.1, 0.15) is 11.8 Å². The van der Waals surface area contributed by atoms with Crippen LogP contribution in [0.2, 0.25) is 0 Å². The van der Waals surface area contributed by atoms with E-state index in [0.717, 1.165) is 4.88 Å². The molecule has 2 aromatic heterocycles. The minimum atomic E-state index is -1.60. The number of fused-ring (bicyclic) bond motifs is 1. The number of carbonyl (C=O) groups is 2. The van der Waals surface area contributed by atoms with Gasteiger partial charge in [-0.2, -0.15) is 0 Å². The molecule has 1 aliphatic heterocycles. The Morgan fingerprint density at radius 1 is 1.45 bits per heavy atom. The van der Waals surface area contributed by atoms with Crippen molar-refractivity contribution in [3.63, 3.8) is 0 Å². The maximum atomic E-state index is 12.5. The molecule has 3 heterocycles. The number of nitrogens with one attached hydrogen (secondary N) is 1. The van der Waals surface area contributed by atoms with Crippen LogP contribution in [0.25, 0.3) is 0 Å². The number of carbonyl (C=O) groups excluding carboxylic acids is 2. The second-order valence-corrected chi connectivity index (χ2v) is 6.12. The topological polar surface area (TPSA) is 71.5 Å². The number of ether oxygens (including phenoxy) is 1. The molecule has 0 radical (unpaired) electrons. The van der Waals surface area contributed by atoms with Gasteiger partial charge >= 0.3 is 0 Å². The van der Waals surface area contributed by atoms with Crippen LogP contribution in [0.15, 0.2) is 35.8 Å². The quantitative estimate of drug-likeness (QED) is 0.872. The van der Waals surface area contributed by atoms with E-state index in [1.165, 1.54) is 23.2 Å². The molecule has 0 saturated carbocycles. The number of anilines is 1. The molecular weight excluding hydrogens is 302 g/mol. The van der Waals surface area contributed by atoms with Gasteiger partial charge in [0.2, 0.25) is 0 Å². The van der Waals surface area contributed by atoms with Crippen LogP contribution in [-0.2, 0) is 16.1 Å². The van der Waals surface area contributed by atoms with Crippen LogP contribution in [0.4, 0.5) is 5.82 Å². The Bertz CT molecular complexity index is 717. The first-order valence-electron chi connectivity index (χ1n) is 6.75. The average Bonchev–Trinajstić information content (AvgIpc) is 3.04. The number of rotatable bonds is 3. The van der Waals surface area contributed by atoms with Crippen LogP contribution < -0.4 is 15.0 Å². The van der Waals surface area contributed by atoms with Crippen LogP contribution >= 0.6 is 11.3 Å². The molecule has 1 atom stereocenters. The molecule has 0 aliphatic carbocycles. The zero-order chi connectivity index (χ0) is 15.7. The lowest BCUT2D eigenvalue weighted by molar-refractivity contribution is -0.148. The predicted molar refractivity (Wildman–Crippen MR) is 82.8 cm³/mol. The lowest BCUT2D eigenvalue weighted by Crippen LogP contribution is -2.61. The smallest absolute Gasteiger partial charge is 0.281 e. The van der Waals surface area contributed by atoms with Gasteiger partial charge in [-0.3, -0.25) is 14.5 Å². The Kier molecular flexibility index (Phi) is 3.58. The van der Waals surface area contributed by atoms with E-state index < -0.39 is 17.4 Å². The molecule has 0 bridgehead atoms. The highest BCUT2D eigenvalue weighted by atomic mass is 32.1. The maximum absolute atomic E-state index is 12.5. The highest BCUT2D eigenvalue weighted by molar-refractivity contribution is 7.09. The number of hydrogen-bond donors (Lipinski definition) is 1. The molecule has 0 spiro atoms. The SMILES string of the molecule is CN1C(=O)C(C)(C(=O)NCc2cccs2)Oc2cccnc21. The number of thiophene rings is 1. The minimum absolute atomic E-state index is 0.367. The summed E-state index contributed by atoms with van der Waals surface area (Å²) in [5.41, 5.74) is -1.60. The van der Waals surface area contributed by atoms with Gasteiger partial charge in [0, 0.05) is 18.1 Å². The van der Waals surface area contributed by atoms with Crippen LogP contribution in [0.3, 0.4) is 0 Å². The molecule has 6 nitrogen and oxygen atoms in total. The highest BCUT2D eigenvalue weighted by Gasteiger charge is 2.50. The third-order valence-electron chi connectivity index (χ3n) is 3.53. The van der Waals surface area contributed by atoms with Gasteiger partial charge in [0.25, 0.3) is 17.4 Å². The summed E-state index contributed by atoms with van der Waals surface area (Å²) in [6.45, 7) is 1.85. The van der Waals surface area contributed by atoms with Crippen molar-refractivity contribution in [1.82, 2.24) is 10.3 Å². The van der Waals surface area contributed by atoms with Gasteiger partial charge in [-0.1, -0.05) is 6.07 Å². The Morgan fingerprint density at radius 3 is 3.00 bits per heavy atom. The van der Waals surface area contributed by atoms with E-state index in [1.807, 2.05) is 17.5 Å². The molecule has 1 N–H and O–H groups in total. The van der Waals surface area contributed by atoms with Crippen molar-refractivity contribution in [1.29, 1.82) is 0 Å². The lowest BCUT2D eigenvalue weighted by atomic mass is 10.0. The second-order valence-electron chi connectivity index (χ2n) is 5.09. The van der Waals surface area contributed by atoms with E-state index in [4.69, 9.17) is 4.74 Å². The number of hydrogen-bond acceptors (Lipinski definition) is 5. The fourth-order valence-corrected chi connectivity index (χ4v) is 2.93. The first kappa shape index (κ1) is 14.5. The van der Waals surface area contributed by atoms with Gasteiger partial charge in [0.05, 0.1) is 6.54 Å². The summed E-state index contributed by atoms with van der Waals surface area (Å²) in [5, 5.41) is 4.69. The summed E-state index contributed by atoms with van der Waals surface area (Å²) < 4.78 is 5.67. The molecule has 3 rings (SSSR count). The normalized spacial score (nSPS) is 20.3. The summed E-state index contributed by atoms with van der Waals surface area (Å²) in [6.07, 6.45) is 1.57. The summed E-state index contributed by atoms with van der Waals surface area (Å²) >= 11 is 1.54. The van der Waals surface area contributed by atoms with E-state index >= 15 is 0 Å². The molecule has 114 valence electrons. The Morgan fingerprint density at radius 2 is 2.27 bits per heavy atom.